The average Bonchev–Trinajstić information content (AvgIpc) is 2.89. The highest BCUT2D eigenvalue weighted by Gasteiger charge is 2.03. The summed E-state index contributed by atoms with van der Waals surface area (Å²) in [4.78, 5) is 21.0. The van der Waals surface area contributed by atoms with Gasteiger partial charge in [-0.25, -0.2) is 0 Å². The third-order valence-electron chi connectivity index (χ3n) is 2.55. The lowest BCUT2D eigenvalue weighted by molar-refractivity contribution is -0.118. The molecule has 1 aromatic heterocycles. The summed E-state index contributed by atoms with van der Waals surface area (Å²) in [6.07, 6.45) is 7.15. The molecular weight excluding hydrogens is 304 g/mol. The van der Waals surface area contributed by atoms with Gasteiger partial charge in [0, 0.05) is 19.0 Å². The van der Waals surface area contributed by atoms with Crippen LogP contribution >= 0.6 is 11.3 Å². The molecule has 0 saturated heterocycles. The second kappa shape index (κ2) is 9.50. The molecule has 22 heavy (non-hydrogen) atoms. The number of carbonyl (C=O) groups excluding carboxylic acids is 2. The first-order valence-corrected chi connectivity index (χ1v) is 7.55. The number of aromatic nitrogens is 2. The highest BCUT2D eigenvalue weighted by Crippen LogP contribution is 2.17. The van der Waals surface area contributed by atoms with Crippen molar-refractivity contribution >= 4 is 28.8 Å². The third-order valence-corrected chi connectivity index (χ3v) is 3.47. The molecule has 6 N–H and O–H groups in total. The number of rotatable bonds is 9. The van der Waals surface area contributed by atoms with Crippen LogP contribution in [0.3, 0.4) is 0 Å². The van der Waals surface area contributed by atoms with Crippen LogP contribution in [0.2, 0.25) is 0 Å². The third kappa shape index (κ3) is 7.39. The van der Waals surface area contributed by atoms with E-state index in [2.05, 4.69) is 20.8 Å². The van der Waals surface area contributed by atoms with Gasteiger partial charge < -0.3 is 22.1 Å². The Morgan fingerprint density at radius 2 is 2.05 bits per heavy atom. The van der Waals surface area contributed by atoms with E-state index in [-0.39, 0.29) is 11.7 Å². The molecule has 0 aliphatic carbocycles. The molecule has 8 nitrogen and oxygen atoms in total. The van der Waals surface area contributed by atoms with Crippen LogP contribution in [-0.2, 0) is 16.0 Å². The Hall–Kier alpha value is -2.42. The molecule has 0 bridgehead atoms. The first-order valence-electron chi connectivity index (χ1n) is 6.73. The van der Waals surface area contributed by atoms with Gasteiger partial charge in [0.25, 0.3) is 0 Å². The number of unbranched alkanes of at least 4 members (excludes halogenated alkanes) is 1. The van der Waals surface area contributed by atoms with Gasteiger partial charge in [-0.15, -0.1) is 10.2 Å². The van der Waals surface area contributed by atoms with E-state index in [1.165, 1.54) is 18.3 Å². The van der Waals surface area contributed by atoms with Gasteiger partial charge in [0.15, 0.2) is 0 Å². The molecule has 1 rings (SSSR count). The number of nitrogens with one attached hydrogen (secondary N) is 2. The molecule has 0 radical (unpaired) electrons. The molecule has 9 heteroatoms. The van der Waals surface area contributed by atoms with E-state index in [0.717, 1.165) is 30.7 Å². The molecule has 1 heterocycles. The van der Waals surface area contributed by atoms with Crippen molar-refractivity contribution < 1.29 is 9.59 Å². The Morgan fingerprint density at radius 1 is 1.27 bits per heavy atom. The van der Waals surface area contributed by atoms with Crippen LogP contribution in [0.25, 0.3) is 0 Å². The second-order valence-electron chi connectivity index (χ2n) is 4.52. The van der Waals surface area contributed by atoms with Gasteiger partial charge in [0.1, 0.15) is 10.8 Å². The molecule has 0 spiro atoms. The van der Waals surface area contributed by atoms with Gasteiger partial charge in [-0.1, -0.05) is 11.3 Å². The van der Waals surface area contributed by atoms with Crippen LogP contribution in [0.5, 0.6) is 0 Å². The predicted octanol–water partition coefficient (Wildman–Crippen LogP) is 0.598. The lowest BCUT2D eigenvalue weighted by Crippen LogP contribution is -2.24. The number of carbonyl (C=O) groups is 2. The number of amides is 2. The van der Waals surface area contributed by atoms with E-state index < -0.39 is 0 Å². The van der Waals surface area contributed by atoms with Crippen molar-refractivity contribution in [3.05, 3.63) is 28.7 Å². The maximum atomic E-state index is 10.8. The second-order valence-corrected chi connectivity index (χ2v) is 5.58. The minimum Gasteiger partial charge on any atom is -0.402 e. The maximum absolute atomic E-state index is 10.8. The van der Waals surface area contributed by atoms with E-state index in [9.17, 15) is 9.59 Å². The Bertz CT molecular complexity index is 567. The van der Waals surface area contributed by atoms with Crippen LogP contribution in [0.1, 0.15) is 31.2 Å². The molecule has 2 amide bonds. The van der Waals surface area contributed by atoms with E-state index in [1.807, 2.05) is 0 Å². The summed E-state index contributed by atoms with van der Waals surface area (Å²) in [6, 6.07) is 0. The Kier molecular flexibility index (Phi) is 7.62. The van der Waals surface area contributed by atoms with Crippen LogP contribution in [0.15, 0.2) is 23.7 Å². The van der Waals surface area contributed by atoms with Crippen molar-refractivity contribution in [3.63, 3.8) is 0 Å². The number of hydrogen-bond acceptors (Lipinski definition) is 7. The summed E-state index contributed by atoms with van der Waals surface area (Å²) in [5.41, 5.74) is 12.1. The fraction of sp³-hybridized carbons (Fsp3) is 0.385. The first-order chi connectivity index (χ1) is 10.5. The van der Waals surface area contributed by atoms with Gasteiger partial charge in [-0.3, -0.25) is 9.59 Å². The quantitative estimate of drug-likeness (QED) is 0.298. The zero-order chi connectivity index (χ0) is 16.4. The van der Waals surface area contributed by atoms with E-state index in [1.54, 1.807) is 12.2 Å². The van der Waals surface area contributed by atoms with E-state index in [0.29, 0.717) is 17.2 Å². The van der Waals surface area contributed by atoms with E-state index in [4.69, 9.17) is 11.5 Å². The standard InChI is InChI=1S/C13H20N6O2S/c1-9(21)17-11(15)7-6-10(14)4-2-3-5-12-18-19-13(22-12)16-8-20/h6-8H,2-5,14-15H2,1H3,(H,17,21)(H,16,19,20)/b10-6-,11-7+. The smallest absolute Gasteiger partial charge is 0.222 e. The Balaban J connectivity index is 2.27. The van der Waals surface area contributed by atoms with Gasteiger partial charge in [-0.2, -0.15) is 0 Å². The summed E-state index contributed by atoms with van der Waals surface area (Å²) in [5, 5.41) is 14.1. The molecule has 0 saturated carbocycles. The molecule has 0 atom stereocenters. The highest BCUT2D eigenvalue weighted by atomic mass is 32.1. The molecular formula is C13H20N6O2S. The lowest BCUT2D eigenvalue weighted by Gasteiger charge is -2.01. The van der Waals surface area contributed by atoms with Crippen LogP contribution in [-0.4, -0.2) is 22.5 Å². The van der Waals surface area contributed by atoms with Gasteiger partial charge in [0.05, 0.1) is 0 Å². The molecule has 0 aromatic carbocycles. The fourth-order valence-electron chi connectivity index (χ4n) is 1.59. The number of anilines is 1. The number of aryl methyl sites for hydroxylation is 1. The van der Waals surface area contributed by atoms with Gasteiger partial charge in [0.2, 0.25) is 17.4 Å². The van der Waals surface area contributed by atoms with Crippen LogP contribution in [0, 0.1) is 0 Å². The maximum Gasteiger partial charge on any atom is 0.222 e. The average molecular weight is 324 g/mol. The summed E-state index contributed by atoms with van der Waals surface area (Å²) < 4.78 is 0. The molecule has 120 valence electrons. The van der Waals surface area contributed by atoms with Crippen molar-refractivity contribution in [3.8, 4) is 0 Å². The van der Waals surface area contributed by atoms with Crippen LogP contribution < -0.4 is 22.1 Å². The molecule has 0 aliphatic rings. The molecule has 0 unspecified atom stereocenters. The first kappa shape index (κ1) is 17.6. The van der Waals surface area contributed by atoms with Gasteiger partial charge >= 0.3 is 0 Å². The largest absolute Gasteiger partial charge is 0.402 e. The summed E-state index contributed by atoms with van der Waals surface area (Å²) >= 11 is 1.36. The summed E-state index contributed by atoms with van der Waals surface area (Å²) in [7, 11) is 0. The molecule has 1 aromatic rings. The minimum atomic E-state index is -0.221. The Morgan fingerprint density at radius 3 is 2.73 bits per heavy atom. The fourth-order valence-corrected chi connectivity index (χ4v) is 2.33. The SMILES string of the molecule is CC(=O)N/C(N)=C/C=C(\N)CCCCc1nnc(NC=O)s1. The topological polar surface area (TPSA) is 136 Å². The van der Waals surface area contributed by atoms with Crippen molar-refractivity contribution in [1.29, 1.82) is 0 Å². The zero-order valence-corrected chi connectivity index (χ0v) is 13.2. The number of allylic oxidation sites excluding steroid dienone is 3. The van der Waals surface area contributed by atoms with Crippen LogP contribution in [0.4, 0.5) is 5.13 Å². The van der Waals surface area contributed by atoms with Crippen molar-refractivity contribution in [1.82, 2.24) is 15.5 Å². The van der Waals surface area contributed by atoms with Crippen molar-refractivity contribution in [2.24, 2.45) is 11.5 Å². The summed E-state index contributed by atoms with van der Waals surface area (Å²) in [6.45, 7) is 1.39. The normalized spacial score (nSPS) is 12.0. The molecule has 0 fully saturated rings. The Labute approximate surface area is 132 Å². The van der Waals surface area contributed by atoms with Crippen molar-refractivity contribution in [2.75, 3.05) is 5.32 Å². The zero-order valence-electron chi connectivity index (χ0n) is 12.3. The molecule has 0 aliphatic heterocycles. The monoisotopic (exact) mass is 324 g/mol. The summed E-state index contributed by atoms with van der Waals surface area (Å²) in [5.74, 6) is 0.0423. The highest BCUT2D eigenvalue weighted by molar-refractivity contribution is 7.15. The number of hydrogen-bond donors (Lipinski definition) is 4. The van der Waals surface area contributed by atoms with Gasteiger partial charge in [-0.05, 0) is 31.4 Å². The van der Waals surface area contributed by atoms with Crippen molar-refractivity contribution in [2.45, 2.75) is 32.6 Å². The minimum absolute atomic E-state index is 0.221. The predicted molar refractivity (Wildman–Crippen MR) is 85.5 cm³/mol. The lowest BCUT2D eigenvalue weighted by atomic mass is 10.1. The number of nitrogens with zero attached hydrogens (tertiary/aromatic N) is 2. The van der Waals surface area contributed by atoms with E-state index >= 15 is 0 Å². The number of nitrogens with two attached hydrogens (primary N) is 2.